The van der Waals surface area contributed by atoms with Gasteiger partial charge in [0.25, 0.3) is 0 Å². The molecular weight excluding hydrogens is 771 g/mol. The molecule has 0 bridgehead atoms. The van der Waals surface area contributed by atoms with Crippen LogP contribution in [0.2, 0.25) is 0 Å². The Morgan fingerprint density at radius 1 is 0.250 bits per heavy atom. The van der Waals surface area contributed by atoms with Crippen molar-refractivity contribution in [1.29, 1.82) is 0 Å². The molecule has 0 amide bonds. The van der Waals surface area contributed by atoms with Gasteiger partial charge in [-0.3, -0.25) is 0 Å². The second-order valence-corrected chi connectivity index (χ2v) is 16.8. The van der Waals surface area contributed by atoms with Crippen LogP contribution in [-0.4, -0.2) is 0 Å². The lowest BCUT2D eigenvalue weighted by Crippen LogP contribution is -2.28. The van der Waals surface area contributed by atoms with Crippen molar-refractivity contribution in [1.82, 2.24) is 0 Å². The summed E-state index contributed by atoms with van der Waals surface area (Å²) in [5.74, 6) is 0. The van der Waals surface area contributed by atoms with Crippen molar-refractivity contribution >= 4 is 38.6 Å². The first-order chi connectivity index (χ1) is 31.7. The monoisotopic (exact) mass is 813 g/mol. The van der Waals surface area contributed by atoms with E-state index >= 15 is 0 Å². The Hall–Kier alpha value is -8.26. The minimum absolute atomic E-state index is 0.509. The van der Waals surface area contributed by atoms with Gasteiger partial charge in [0.1, 0.15) is 0 Å². The van der Waals surface area contributed by atoms with E-state index in [4.69, 9.17) is 0 Å². The summed E-state index contributed by atoms with van der Waals surface area (Å²) >= 11 is 0. The van der Waals surface area contributed by atoms with Gasteiger partial charge in [0.15, 0.2) is 0 Å². The number of nitrogens with zero attached hydrogens (tertiary/aromatic N) is 1. The van der Waals surface area contributed by atoms with Crippen LogP contribution in [0.1, 0.15) is 22.3 Å². The van der Waals surface area contributed by atoms with E-state index in [0.717, 1.165) is 17.1 Å². The van der Waals surface area contributed by atoms with E-state index in [1.165, 1.54) is 88.3 Å². The maximum absolute atomic E-state index is 2.46. The van der Waals surface area contributed by atoms with Gasteiger partial charge in [-0.2, -0.15) is 0 Å². The fourth-order valence-corrected chi connectivity index (χ4v) is 10.4. The average Bonchev–Trinajstić information content (AvgIpc) is 3.67. The Balaban J connectivity index is 1.03. The lowest BCUT2D eigenvalue weighted by Gasteiger charge is -2.35. The molecule has 0 spiro atoms. The molecule has 0 fully saturated rings. The summed E-state index contributed by atoms with van der Waals surface area (Å²) in [5.41, 5.74) is 17.7. The molecule has 1 nitrogen and oxygen atoms in total. The zero-order valence-corrected chi connectivity index (χ0v) is 35.3. The van der Waals surface area contributed by atoms with Crippen LogP contribution in [0, 0.1) is 0 Å². The van der Waals surface area contributed by atoms with Crippen LogP contribution < -0.4 is 4.90 Å². The summed E-state index contributed by atoms with van der Waals surface area (Å²) in [6.07, 6.45) is 0. The molecule has 300 valence electrons. The highest BCUT2D eigenvalue weighted by Gasteiger charge is 2.46. The van der Waals surface area contributed by atoms with Crippen molar-refractivity contribution in [3.8, 4) is 44.5 Å². The number of rotatable bonds is 8. The van der Waals surface area contributed by atoms with Crippen molar-refractivity contribution in [2.45, 2.75) is 5.41 Å². The SMILES string of the molecule is c1ccc(-c2ccc3cccc(-c4ccc(N(c5ccc(-c6cccc7ccccc67)cc5)c5ccc6c(c5)C(c5ccccc5)(c5ccccc5)c5ccccc5-6)cc4)c3c2)cc1. The largest absolute Gasteiger partial charge is 0.310 e. The molecule has 1 aliphatic rings. The second-order valence-electron chi connectivity index (χ2n) is 16.8. The molecule has 0 saturated carbocycles. The van der Waals surface area contributed by atoms with Gasteiger partial charge in [0.05, 0.1) is 5.41 Å². The lowest BCUT2D eigenvalue weighted by molar-refractivity contribution is 0.768. The predicted molar refractivity (Wildman–Crippen MR) is 270 cm³/mol. The highest BCUT2D eigenvalue weighted by Crippen LogP contribution is 2.57. The zero-order valence-electron chi connectivity index (χ0n) is 35.3. The van der Waals surface area contributed by atoms with E-state index in [9.17, 15) is 0 Å². The fourth-order valence-electron chi connectivity index (χ4n) is 10.4. The number of fused-ring (bicyclic) bond motifs is 5. The van der Waals surface area contributed by atoms with E-state index in [2.05, 4.69) is 266 Å². The molecule has 0 radical (unpaired) electrons. The Morgan fingerprint density at radius 2 is 0.719 bits per heavy atom. The van der Waals surface area contributed by atoms with Crippen LogP contribution in [0.5, 0.6) is 0 Å². The first-order valence-electron chi connectivity index (χ1n) is 22.2. The molecule has 0 saturated heterocycles. The molecule has 0 heterocycles. The van der Waals surface area contributed by atoms with E-state index in [-0.39, 0.29) is 0 Å². The summed E-state index contributed by atoms with van der Waals surface area (Å²) in [4.78, 5) is 2.43. The molecule has 1 aliphatic carbocycles. The zero-order chi connectivity index (χ0) is 42.5. The van der Waals surface area contributed by atoms with Crippen molar-refractivity contribution in [3.63, 3.8) is 0 Å². The number of hydrogen-bond donors (Lipinski definition) is 0. The minimum atomic E-state index is -0.509. The number of benzene rings is 11. The van der Waals surface area contributed by atoms with E-state index < -0.39 is 5.41 Å². The third-order valence-electron chi connectivity index (χ3n) is 13.4. The van der Waals surface area contributed by atoms with Gasteiger partial charge in [0, 0.05) is 17.1 Å². The lowest BCUT2D eigenvalue weighted by atomic mass is 9.67. The molecule has 0 unspecified atom stereocenters. The molecule has 11 aromatic rings. The van der Waals surface area contributed by atoms with E-state index in [1.54, 1.807) is 0 Å². The number of anilines is 3. The van der Waals surface area contributed by atoms with Crippen LogP contribution in [0.3, 0.4) is 0 Å². The van der Waals surface area contributed by atoms with Crippen LogP contribution in [0.15, 0.2) is 261 Å². The Kier molecular flexibility index (Phi) is 9.13. The molecule has 0 atom stereocenters. The van der Waals surface area contributed by atoms with Gasteiger partial charge in [-0.1, -0.05) is 218 Å². The van der Waals surface area contributed by atoms with Crippen molar-refractivity contribution in [3.05, 3.63) is 283 Å². The van der Waals surface area contributed by atoms with Gasteiger partial charge in [-0.05, 0) is 131 Å². The summed E-state index contributed by atoms with van der Waals surface area (Å²) < 4.78 is 0. The second kappa shape index (κ2) is 15.6. The molecule has 0 N–H and O–H groups in total. The van der Waals surface area contributed by atoms with Gasteiger partial charge in [-0.15, -0.1) is 0 Å². The van der Waals surface area contributed by atoms with Gasteiger partial charge in [0.2, 0.25) is 0 Å². The summed E-state index contributed by atoms with van der Waals surface area (Å²) in [5, 5.41) is 4.97. The third-order valence-corrected chi connectivity index (χ3v) is 13.4. The quantitative estimate of drug-likeness (QED) is 0.148. The Morgan fingerprint density at radius 3 is 1.38 bits per heavy atom. The topological polar surface area (TPSA) is 3.24 Å². The van der Waals surface area contributed by atoms with E-state index in [0.29, 0.717) is 0 Å². The highest BCUT2D eigenvalue weighted by molar-refractivity contribution is 6.00. The molecule has 0 aliphatic heterocycles. The summed E-state index contributed by atoms with van der Waals surface area (Å²) in [6.45, 7) is 0. The van der Waals surface area contributed by atoms with Crippen molar-refractivity contribution in [2.75, 3.05) is 4.90 Å². The van der Waals surface area contributed by atoms with Crippen LogP contribution in [0.25, 0.3) is 66.1 Å². The van der Waals surface area contributed by atoms with Gasteiger partial charge >= 0.3 is 0 Å². The summed E-state index contributed by atoms with van der Waals surface area (Å²) in [6, 6.07) is 95.8. The molecule has 64 heavy (non-hydrogen) atoms. The summed E-state index contributed by atoms with van der Waals surface area (Å²) in [7, 11) is 0. The third kappa shape index (κ3) is 6.16. The molecule has 1 heteroatoms. The van der Waals surface area contributed by atoms with Gasteiger partial charge in [-0.25, -0.2) is 0 Å². The predicted octanol–water partition coefficient (Wildman–Crippen LogP) is 16.8. The fraction of sp³-hybridized carbons (Fsp3) is 0.0159. The maximum atomic E-state index is 2.46. The molecular formula is C63H43N. The normalized spacial score (nSPS) is 12.5. The van der Waals surface area contributed by atoms with E-state index in [1.807, 2.05) is 0 Å². The number of hydrogen-bond acceptors (Lipinski definition) is 1. The van der Waals surface area contributed by atoms with Gasteiger partial charge < -0.3 is 4.90 Å². The first kappa shape index (κ1) is 37.5. The Labute approximate surface area is 374 Å². The highest BCUT2D eigenvalue weighted by atomic mass is 15.1. The average molecular weight is 814 g/mol. The Bertz CT molecular complexity index is 3420. The van der Waals surface area contributed by atoms with Crippen LogP contribution in [0.4, 0.5) is 17.1 Å². The first-order valence-corrected chi connectivity index (χ1v) is 22.2. The smallest absolute Gasteiger partial charge is 0.0714 e. The van der Waals surface area contributed by atoms with Crippen molar-refractivity contribution < 1.29 is 0 Å². The van der Waals surface area contributed by atoms with Crippen LogP contribution in [-0.2, 0) is 5.41 Å². The minimum Gasteiger partial charge on any atom is -0.310 e. The molecule has 0 aromatic heterocycles. The maximum Gasteiger partial charge on any atom is 0.0714 e. The van der Waals surface area contributed by atoms with Crippen molar-refractivity contribution in [2.24, 2.45) is 0 Å². The molecule has 12 rings (SSSR count). The molecule has 11 aromatic carbocycles. The standard InChI is InChI=1S/C63H43N/c1-4-16-44(17-5-1)49-31-30-46-20-15-28-57(60(46)42-49)48-34-38-53(39-35-48)64(52-36-32-47(33-37-52)56-27-14-19-45-18-10-11-25-55(45)56)54-40-41-59-58-26-12-13-29-61(58)63(62(59)43-54,50-21-6-2-7-22-50)51-23-8-3-9-24-51/h1-43H. The van der Waals surface area contributed by atoms with Crippen LogP contribution >= 0.6 is 0 Å².